The van der Waals surface area contributed by atoms with E-state index < -0.39 is 10.0 Å². The van der Waals surface area contributed by atoms with Gasteiger partial charge < -0.3 is 4.74 Å². The first-order valence-electron chi connectivity index (χ1n) is 8.99. The molecule has 4 bridgehead atoms. The molecular formula is C19H27NO3S. The number of aryl methyl sites for hydroxylation is 2. The van der Waals surface area contributed by atoms with Crippen LogP contribution >= 0.6 is 0 Å². The molecule has 5 heteroatoms. The molecule has 1 aromatic rings. The van der Waals surface area contributed by atoms with Gasteiger partial charge in [0.15, 0.2) is 0 Å². The van der Waals surface area contributed by atoms with Gasteiger partial charge in [0.1, 0.15) is 5.75 Å². The lowest BCUT2D eigenvalue weighted by Crippen LogP contribution is -2.59. The Labute approximate surface area is 145 Å². The van der Waals surface area contributed by atoms with Crippen LogP contribution in [0.25, 0.3) is 0 Å². The molecule has 24 heavy (non-hydrogen) atoms. The Morgan fingerprint density at radius 2 is 1.46 bits per heavy atom. The predicted molar refractivity (Wildman–Crippen MR) is 93.7 cm³/mol. The zero-order valence-corrected chi connectivity index (χ0v) is 15.6. The third kappa shape index (κ3) is 2.66. The monoisotopic (exact) mass is 349 g/mol. The predicted octanol–water partition coefficient (Wildman–Crippen LogP) is 3.56. The van der Waals surface area contributed by atoms with Gasteiger partial charge in [-0.1, -0.05) is 0 Å². The van der Waals surface area contributed by atoms with Gasteiger partial charge in [-0.3, -0.25) is 0 Å². The third-order valence-corrected chi connectivity index (χ3v) is 8.21. The van der Waals surface area contributed by atoms with Crippen molar-refractivity contribution < 1.29 is 13.2 Å². The van der Waals surface area contributed by atoms with Crippen LogP contribution in [0.4, 0.5) is 0 Å². The van der Waals surface area contributed by atoms with Gasteiger partial charge in [0.25, 0.3) is 0 Å². The first kappa shape index (κ1) is 16.4. The van der Waals surface area contributed by atoms with E-state index in [9.17, 15) is 8.42 Å². The van der Waals surface area contributed by atoms with E-state index in [1.807, 2.05) is 13.8 Å². The van der Waals surface area contributed by atoms with Crippen LogP contribution in [-0.4, -0.2) is 21.1 Å². The number of ether oxygens (including phenoxy) is 1. The number of methoxy groups -OCH3 is 1. The van der Waals surface area contributed by atoms with Crippen LogP contribution in [0.3, 0.4) is 0 Å². The van der Waals surface area contributed by atoms with Crippen molar-refractivity contribution in [1.29, 1.82) is 0 Å². The second-order valence-corrected chi connectivity index (χ2v) is 10.0. The number of rotatable bonds is 4. The maximum atomic E-state index is 13.2. The highest BCUT2D eigenvalue weighted by molar-refractivity contribution is 7.89. The average Bonchev–Trinajstić information content (AvgIpc) is 2.43. The van der Waals surface area contributed by atoms with Crippen LogP contribution in [0.1, 0.15) is 49.7 Å². The maximum Gasteiger partial charge on any atom is 0.241 e. The Balaban J connectivity index is 1.67. The molecule has 0 atom stereocenters. The molecule has 0 saturated heterocycles. The molecule has 1 aromatic carbocycles. The van der Waals surface area contributed by atoms with Crippen LogP contribution in [0, 0.1) is 31.6 Å². The van der Waals surface area contributed by atoms with E-state index in [0.717, 1.165) is 48.1 Å². The van der Waals surface area contributed by atoms with Crippen molar-refractivity contribution in [3.05, 3.63) is 23.3 Å². The van der Waals surface area contributed by atoms with Crippen LogP contribution in [0.15, 0.2) is 17.0 Å². The lowest BCUT2D eigenvalue weighted by Gasteiger charge is -2.56. The maximum absolute atomic E-state index is 13.2. The van der Waals surface area contributed by atoms with Crippen LogP contribution in [0.2, 0.25) is 0 Å². The van der Waals surface area contributed by atoms with E-state index in [0.29, 0.717) is 10.6 Å². The van der Waals surface area contributed by atoms with E-state index in [4.69, 9.17) is 4.74 Å². The van der Waals surface area contributed by atoms with Gasteiger partial charge in [-0.25, -0.2) is 13.1 Å². The average molecular weight is 349 g/mol. The van der Waals surface area contributed by atoms with Crippen LogP contribution < -0.4 is 9.46 Å². The smallest absolute Gasteiger partial charge is 0.241 e. The third-order valence-electron chi connectivity index (χ3n) is 6.33. The second-order valence-electron chi connectivity index (χ2n) is 8.39. The number of sulfonamides is 1. The Morgan fingerprint density at radius 3 is 1.88 bits per heavy atom. The molecule has 0 aromatic heterocycles. The number of hydrogen-bond acceptors (Lipinski definition) is 3. The van der Waals surface area contributed by atoms with Crippen molar-refractivity contribution in [2.75, 3.05) is 7.11 Å². The summed E-state index contributed by atoms with van der Waals surface area (Å²) in [5.41, 5.74) is 1.31. The lowest BCUT2D eigenvalue weighted by atomic mass is 9.53. The van der Waals surface area contributed by atoms with Gasteiger partial charge in [-0.15, -0.1) is 0 Å². The summed E-state index contributed by atoms with van der Waals surface area (Å²) >= 11 is 0. The summed E-state index contributed by atoms with van der Waals surface area (Å²) in [6.45, 7) is 3.70. The fourth-order valence-electron chi connectivity index (χ4n) is 6.02. The molecule has 4 aliphatic carbocycles. The van der Waals surface area contributed by atoms with E-state index in [2.05, 4.69) is 4.72 Å². The topological polar surface area (TPSA) is 55.4 Å². The molecule has 132 valence electrons. The Bertz CT molecular complexity index is 711. The molecule has 1 N–H and O–H groups in total. The van der Waals surface area contributed by atoms with Crippen molar-refractivity contribution in [3.8, 4) is 5.75 Å². The quantitative estimate of drug-likeness (QED) is 0.904. The van der Waals surface area contributed by atoms with Gasteiger partial charge >= 0.3 is 0 Å². The lowest BCUT2D eigenvalue weighted by molar-refractivity contribution is -0.00810. The van der Waals surface area contributed by atoms with Crippen molar-refractivity contribution in [3.63, 3.8) is 0 Å². The highest BCUT2D eigenvalue weighted by Crippen LogP contribution is 2.56. The van der Waals surface area contributed by atoms with Crippen molar-refractivity contribution in [1.82, 2.24) is 4.72 Å². The van der Waals surface area contributed by atoms with E-state index in [1.165, 1.54) is 19.3 Å². The Morgan fingerprint density at radius 1 is 1.00 bits per heavy atom. The van der Waals surface area contributed by atoms with Gasteiger partial charge in [-0.2, -0.15) is 0 Å². The second kappa shape index (κ2) is 5.46. The zero-order chi connectivity index (χ0) is 17.1. The molecule has 0 spiro atoms. The molecule has 0 aliphatic heterocycles. The Kier molecular flexibility index (Phi) is 3.73. The molecule has 5 rings (SSSR count). The van der Waals surface area contributed by atoms with Crippen molar-refractivity contribution in [2.24, 2.45) is 17.8 Å². The van der Waals surface area contributed by atoms with E-state index in [1.54, 1.807) is 19.2 Å². The summed E-state index contributed by atoms with van der Waals surface area (Å²) < 4.78 is 34.8. The summed E-state index contributed by atoms with van der Waals surface area (Å²) in [4.78, 5) is 0.430. The van der Waals surface area contributed by atoms with Gasteiger partial charge in [0, 0.05) is 5.54 Å². The summed E-state index contributed by atoms with van der Waals surface area (Å²) in [6, 6.07) is 3.61. The van der Waals surface area contributed by atoms with Gasteiger partial charge in [0.05, 0.1) is 12.0 Å². The fraction of sp³-hybridized carbons (Fsp3) is 0.684. The fourth-order valence-corrected chi connectivity index (χ4v) is 7.91. The van der Waals surface area contributed by atoms with Crippen LogP contribution in [-0.2, 0) is 10.0 Å². The number of benzene rings is 1. The highest BCUT2D eigenvalue weighted by Gasteiger charge is 2.52. The molecule has 4 nitrogen and oxygen atoms in total. The molecule has 0 radical (unpaired) electrons. The molecular weight excluding hydrogens is 322 g/mol. The number of nitrogens with one attached hydrogen (secondary N) is 1. The van der Waals surface area contributed by atoms with Crippen LogP contribution in [0.5, 0.6) is 5.75 Å². The summed E-state index contributed by atoms with van der Waals surface area (Å²) in [6.07, 6.45) is 6.98. The van der Waals surface area contributed by atoms with Gasteiger partial charge in [0.2, 0.25) is 10.0 Å². The molecule has 4 aliphatic rings. The molecule has 0 heterocycles. The Hall–Kier alpha value is -1.07. The standard InChI is InChI=1S/C19H27NO3S/c1-12-4-17(23-3)5-13(2)18(12)24(21,22)20-19-9-14-6-15(10-19)8-16(7-14)11-19/h4-5,14-16,20H,6-11H2,1-3H3. The first-order valence-corrected chi connectivity index (χ1v) is 10.5. The summed E-state index contributed by atoms with van der Waals surface area (Å²) in [7, 11) is -1.91. The number of hydrogen-bond donors (Lipinski definition) is 1. The summed E-state index contributed by atoms with van der Waals surface area (Å²) in [5, 5.41) is 0. The SMILES string of the molecule is COc1cc(C)c(S(=O)(=O)NC23CC4CC(CC(C4)C2)C3)c(C)c1. The summed E-state index contributed by atoms with van der Waals surface area (Å²) in [5.74, 6) is 2.87. The van der Waals surface area contributed by atoms with E-state index >= 15 is 0 Å². The minimum Gasteiger partial charge on any atom is -0.497 e. The minimum absolute atomic E-state index is 0.202. The molecule has 4 fully saturated rings. The molecule has 4 saturated carbocycles. The normalized spacial score (nSPS) is 34.5. The van der Waals surface area contributed by atoms with Crippen molar-refractivity contribution in [2.45, 2.75) is 62.8 Å². The zero-order valence-electron chi connectivity index (χ0n) is 14.8. The van der Waals surface area contributed by atoms with Crippen molar-refractivity contribution >= 4 is 10.0 Å². The molecule has 0 amide bonds. The highest BCUT2D eigenvalue weighted by atomic mass is 32.2. The van der Waals surface area contributed by atoms with Gasteiger partial charge in [-0.05, 0) is 93.4 Å². The van der Waals surface area contributed by atoms with E-state index in [-0.39, 0.29) is 5.54 Å². The molecule has 0 unspecified atom stereocenters. The minimum atomic E-state index is -3.51. The first-order chi connectivity index (χ1) is 11.3. The largest absolute Gasteiger partial charge is 0.497 e.